The average molecular weight is 220 g/mol. The Bertz CT molecular complexity index is 242. The molecule has 0 aromatic rings. The second-order valence-corrected chi connectivity index (χ2v) is 5.21. The summed E-state index contributed by atoms with van der Waals surface area (Å²) >= 11 is 0. The van der Waals surface area contributed by atoms with Crippen molar-refractivity contribution in [2.75, 3.05) is 0 Å². The Hall–Kier alpha value is -0.700. The van der Waals surface area contributed by atoms with E-state index in [4.69, 9.17) is 6.42 Å². The standard InChI is InChI=1S/C9H12.C7H16/c1-3-8(2)9-6-4-5-7-9;1-5-7(4)6(2)3/h1H,4-7H2,2H3;6-7H,5H2,1-4H3. The Morgan fingerprint density at radius 2 is 1.75 bits per heavy atom. The number of rotatable bonds is 2. The molecule has 1 saturated carbocycles. The molecule has 1 aliphatic rings. The summed E-state index contributed by atoms with van der Waals surface area (Å²) in [5.41, 5.74) is 2.69. The van der Waals surface area contributed by atoms with Crippen molar-refractivity contribution in [2.24, 2.45) is 11.8 Å². The Morgan fingerprint density at radius 1 is 1.25 bits per heavy atom. The largest absolute Gasteiger partial charge is 0.115 e. The van der Waals surface area contributed by atoms with Crippen molar-refractivity contribution in [3.8, 4) is 12.3 Å². The highest BCUT2D eigenvalue weighted by atomic mass is 14.1. The first kappa shape index (κ1) is 15.3. The van der Waals surface area contributed by atoms with Crippen LogP contribution in [0.2, 0.25) is 0 Å². The van der Waals surface area contributed by atoms with Crippen LogP contribution in [0, 0.1) is 24.2 Å². The van der Waals surface area contributed by atoms with Crippen LogP contribution in [-0.4, -0.2) is 0 Å². The lowest BCUT2D eigenvalue weighted by atomic mass is 9.96. The monoisotopic (exact) mass is 220 g/mol. The summed E-state index contributed by atoms with van der Waals surface area (Å²) in [5.74, 6) is 4.46. The minimum absolute atomic E-state index is 0.866. The zero-order valence-electron chi connectivity index (χ0n) is 11.8. The third-order valence-corrected chi connectivity index (χ3v) is 3.74. The molecule has 0 amide bonds. The lowest BCUT2D eigenvalue weighted by molar-refractivity contribution is 0.407. The van der Waals surface area contributed by atoms with Crippen molar-refractivity contribution in [3.05, 3.63) is 11.1 Å². The van der Waals surface area contributed by atoms with E-state index in [1.807, 2.05) is 6.92 Å². The van der Waals surface area contributed by atoms with Crippen LogP contribution in [0.15, 0.2) is 11.1 Å². The molecule has 1 unspecified atom stereocenters. The minimum atomic E-state index is 0.866. The van der Waals surface area contributed by atoms with E-state index in [9.17, 15) is 0 Å². The van der Waals surface area contributed by atoms with Gasteiger partial charge in [0.05, 0.1) is 0 Å². The van der Waals surface area contributed by atoms with Gasteiger partial charge in [0.25, 0.3) is 0 Å². The van der Waals surface area contributed by atoms with Crippen LogP contribution in [0.3, 0.4) is 0 Å². The lowest BCUT2D eigenvalue weighted by Crippen LogP contribution is -2.00. The van der Waals surface area contributed by atoms with E-state index in [0.29, 0.717) is 0 Å². The fourth-order valence-corrected chi connectivity index (χ4v) is 1.75. The molecule has 0 radical (unpaired) electrons. The zero-order chi connectivity index (χ0) is 12.6. The molecule has 0 heteroatoms. The van der Waals surface area contributed by atoms with Gasteiger partial charge in [-0.2, -0.15) is 0 Å². The highest BCUT2D eigenvalue weighted by Crippen LogP contribution is 2.26. The smallest absolute Gasteiger partial charge is 0.00214 e. The van der Waals surface area contributed by atoms with Gasteiger partial charge in [0.1, 0.15) is 0 Å². The summed E-state index contributed by atoms with van der Waals surface area (Å²) in [7, 11) is 0. The molecule has 0 aromatic heterocycles. The number of terminal acetylenes is 1. The van der Waals surface area contributed by atoms with Gasteiger partial charge in [-0.3, -0.25) is 0 Å². The average Bonchev–Trinajstić information content (AvgIpc) is 2.81. The summed E-state index contributed by atoms with van der Waals surface area (Å²) < 4.78 is 0. The van der Waals surface area contributed by atoms with Crippen molar-refractivity contribution in [3.63, 3.8) is 0 Å². The van der Waals surface area contributed by atoms with Crippen LogP contribution in [0.4, 0.5) is 0 Å². The Labute approximate surface area is 103 Å². The highest BCUT2D eigenvalue weighted by Gasteiger charge is 2.07. The zero-order valence-corrected chi connectivity index (χ0v) is 11.8. The number of allylic oxidation sites excluding steroid dienone is 2. The van der Waals surface area contributed by atoms with Crippen molar-refractivity contribution >= 4 is 0 Å². The van der Waals surface area contributed by atoms with E-state index in [-0.39, 0.29) is 0 Å². The first-order valence-corrected chi connectivity index (χ1v) is 6.68. The molecule has 0 aliphatic heterocycles. The highest BCUT2D eigenvalue weighted by molar-refractivity contribution is 5.30. The molecule has 0 bridgehead atoms. The molecule has 0 spiro atoms. The molecular formula is C16H28. The van der Waals surface area contributed by atoms with E-state index < -0.39 is 0 Å². The molecule has 1 fully saturated rings. The van der Waals surface area contributed by atoms with Crippen LogP contribution in [-0.2, 0) is 0 Å². The third kappa shape index (κ3) is 6.01. The van der Waals surface area contributed by atoms with Crippen molar-refractivity contribution in [1.29, 1.82) is 0 Å². The van der Waals surface area contributed by atoms with Crippen LogP contribution >= 0.6 is 0 Å². The van der Waals surface area contributed by atoms with E-state index in [1.165, 1.54) is 43.3 Å². The molecule has 92 valence electrons. The van der Waals surface area contributed by atoms with Gasteiger partial charge < -0.3 is 0 Å². The van der Waals surface area contributed by atoms with Crippen molar-refractivity contribution in [2.45, 2.75) is 66.7 Å². The van der Waals surface area contributed by atoms with Gasteiger partial charge in [0.15, 0.2) is 0 Å². The molecule has 1 rings (SSSR count). The summed E-state index contributed by atoms with van der Waals surface area (Å²) in [6.07, 6.45) is 11.7. The normalized spacial score (nSPS) is 16.4. The topological polar surface area (TPSA) is 0 Å². The molecule has 1 atom stereocenters. The second kappa shape index (κ2) is 8.45. The summed E-state index contributed by atoms with van der Waals surface area (Å²) in [6.45, 7) is 11.1. The van der Waals surface area contributed by atoms with Gasteiger partial charge in [-0.25, -0.2) is 0 Å². The molecule has 0 N–H and O–H groups in total. The van der Waals surface area contributed by atoms with Crippen LogP contribution < -0.4 is 0 Å². The number of hydrogen-bond donors (Lipinski definition) is 0. The quantitative estimate of drug-likeness (QED) is 0.561. The Kier molecular flexibility index (Phi) is 8.08. The maximum atomic E-state index is 5.24. The van der Waals surface area contributed by atoms with Gasteiger partial charge in [0, 0.05) is 0 Å². The number of hydrogen-bond acceptors (Lipinski definition) is 0. The molecular weight excluding hydrogens is 192 g/mol. The third-order valence-electron chi connectivity index (χ3n) is 3.74. The summed E-state index contributed by atoms with van der Waals surface area (Å²) in [6, 6.07) is 0. The van der Waals surface area contributed by atoms with E-state index in [2.05, 4.69) is 33.6 Å². The predicted octanol–water partition coefficient (Wildman–Crippen LogP) is 5.20. The van der Waals surface area contributed by atoms with Gasteiger partial charge in [-0.1, -0.05) is 45.6 Å². The second-order valence-electron chi connectivity index (χ2n) is 5.21. The molecule has 1 aliphatic carbocycles. The van der Waals surface area contributed by atoms with Crippen LogP contribution in [0.1, 0.15) is 66.7 Å². The maximum absolute atomic E-state index is 5.24. The van der Waals surface area contributed by atoms with Gasteiger partial charge in [-0.05, 0) is 50.0 Å². The van der Waals surface area contributed by atoms with E-state index in [0.717, 1.165) is 11.8 Å². The van der Waals surface area contributed by atoms with Gasteiger partial charge >= 0.3 is 0 Å². The summed E-state index contributed by atoms with van der Waals surface area (Å²) in [4.78, 5) is 0. The molecule has 0 saturated heterocycles. The molecule has 0 nitrogen and oxygen atoms in total. The molecule has 0 heterocycles. The fourth-order valence-electron chi connectivity index (χ4n) is 1.75. The minimum Gasteiger partial charge on any atom is -0.115 e. The SMILES string of the molecule is C#CC(C)=C1CCCC1.CCC(C)C(C)C. The molecule has 16 heavy (non-hydrogen) atoms. The molecule has 0 aromatic carbocycles. The lowest BCUT2D eigenvalue weighted by Gasteiger charge is -2.10. The van der Waals surface area contributed by atoms with Crippen molar-refractivity contribution in [1.82, 2.24) is 0 Å². The fraction of sp³-hybridized carbons (Fsp3) is 0.750. The Morgan fingerprint density at radius 3 is 2.00 bits per heavy atom. The van der Waals surface area contributed by atoms with E-state index in [1.54, 1.807) is 0 Å². The van der Waals surface area contributed by atoms with Crippen LogP contribution in [0.25, 0.3) is 0 Å². The van der Waals surface area contributed by atoms with E-state index >= 15 is 0 Å². The van der Waals surface area contributed by atoms with Crippen LogP contribution in [0.5, 0.6) is 0 Å². The van der Waals surface area contributed by atoms with Crippen molar-refractivity contribution < 1.29 is 0 Å². The van der Waals surface area contributed by atoms with Gasteiger partial charge in [-0.15, -0.1) is 6.42 Å². The van der Waals surface area contributed by atoms with Gasteiger partial charge in [0.2, 0.25) is 0 Å². The summed E-state index contributed by atoms with van der Waals surface area (Å²) in [5, 5.41) is 0. The first-order valence-electron chi connectivity index (χ1n) is 6.68. The Balaban J connectivity index is 0.000000293. The maximum Gasteiger partial charge on any atom is -0.00214 e. The predicted molar refractivity (Wildman–Crippen MR) is 74.3 cm³/mol. The first-order chi connectivity index (χ1) is 7.52.